The number of carbonyl (C=O) groups excluding carboxylic acids is 1. The number of rotatable bonds is 5. The van der Waals surface area contributed by atoms with Crippen molar-refractivity contribution < 1.29 is 14.3 Å². The molecule has 1 atom stereocenters. The number of nitrogens with one attached hydrogen (secondary N) is 1. The molecule has 3 N–H and O–H groups in total. The van der Waals surface area contributed by atoms with Crippen LogP contribution in [0.2, 0.25) is 0 Å². The third kappa shape index (κ3) is 3.59. The number of piperidine rings is 1. The first kappa shape index (κ1) is 16.5. The van der Waals surface area contributed by atoms with E-state index in [1.807, 2.05) is 19.9 Å². The van der Waals surface area contributed by atoms with Crippen LogP contribution in [0.1, 0.15) is 37.0 Å². The predicted octanol–water partition coefficient (Wildman–Crippen LogP) is 2.25. The molecule has 1 aromatic heterocycles. The summed E-state index contributed by atoms with van der Waals surface area (Å²) in [5.41, 5.74) is 5.86. The molecule has 0 bridgehead atoms. The van der Waals surface area contributed by atoms with Crippen molar-refractivity contribution in [1.82, 2.24) is 10.3 Å². The fourth-order valence-corrected chi connectivity index (χ4v) is 2.89. The molecule has 1 aliphatic rings. The zero-order chi connectivity index (χ0) is 17.1. The van der Waals surface area contributed by atoms with E-state index >= 15 is 0 Å². The third-order valence-corrected chi connectivity index (χ3v) is 3.99. The molecular weight excluding hydrogens is 306 g/mol. The van der Waals surface area contributed by atoms with Gasteiger partial charge in [-0.15, -0.1) is 0 Å². The second-order valence-corrected chi connectivity index (χ2v) is 6.30. The lowest BCUT2D eigenvalue weighted by molar-refractivity contribution is 0.0994. The maximum absolute atomic E-state index is 11.7. The highest BCUT2D eigenvalue weighted by atomic mass is 16.5. The summed E-state index contributed by atoms with van der Waals surface area (Å²) >= 11 is 0. The number of pyridine rings is 1. The van der Waals surface area contributed by atoms with Crippen molar-refractivity contribution >= 4 is 16.7 Å². The molecule has 0 aliphatic carbocycles. The summed E-state index contributed by atoms with van der Waals surface area (Å²) in [4.78, 5) is 16.1. The molecule has 1 saturated heterocycles. The number of amides is 1. The summed E-state index contributed by atoms with van der Waals surface area (Å²) in [7, 11) is 0. The van der Waals surface area contributed by atoms with E-state index in [2.05, 4.69) is 10.3 Å². The number of carbonyl (C=O) groups is 1. The van der Waals surface area contributed by atoms with E-state index in [0.717, 1.165) is 36.7 Å². The molecule has 2 heterocycles. The topological polar surface area (TPSA) is 86.5 Å². The van der Waals surface area contributed by atoms with E-state index in [4.69, 9.17) is 15.2 Å². The van der Waals surface area contributed by atoms with E-state index in [1.165, 1.54) is 0 Å². The summed E-state index contributed by atoms with van der Waals surface area (Å²) < 4.78 is 11.8. The van der Waals surface area contributed by atoms with Gasteiger partial charge in [-0.2, -0.15) is 0 Å². The maximum Gasteiger partial charge on any atom is 0.252 e. The molecule has 1 aliphatic heterocycles. The zero-order valence-electron chi connectivity index (χ0n) is 14.0. The Balaban J connectivity index is 2.02. The van der Waals surface area contributed by atoms with Gasteiger partial charge in [0.15, 0.2) is 0 Å². The lowest BCUT2D eigenvalue weighted by Gasteiger charge is -2.24. The van der Waals surface area contributed by atoms with Gasteiger partial charge in [-0.3, -0.25) is 4.79 Å². The number of fused-ring (bicyclic) bond motifs is 1. The summed E-state index contributed by atoms with van der Waals surface area (Å²) in [5.74, 6) is 0.513. The standard InChI is InChI=1S/C18H23N3O3/c1-11(2)23-16-9-14-12(8-15(16)17(19)22)5-7-21-18(14)24-13-4-3-6-20-10-13/h5,7-9,11,13,20H,3-4,6,10H2,1-2H3,(H2,19,22). The number of ether oxygens (including phenoxy) is 2. The average molecular weight is 329 g/mol. The molecule has 1 aromatic carbocycles. The minimum Gasteiger partial charge on any atom is -0.490 e. The highest BCUT2D eigenvalue weighted by Gasteiger charge is 2.19. The summed E-state index contributed by atoms with van der Waals surface area (Å²) in [6.07, 6.45) is 3.80. The van der Waals surface area contributed by atoms with Crippen molar-refractivity contribution in [2.24, 2.45) is 5.73 Å². The SMILES string of the molecule is CC(C)Oc1cc2c(OC3CCCNC3)nccc2cc1C(N)=O. The highest BCUT2D eigenvalue weighted by molar-refractivity contribution is 6.01. The van der Waals surface area contributed by atoms with Gasteiger partial charge in [0, 0.05) is 18.1 Å². The Hall–Kier alpha value is -2.34. The van der Waals surface area contributed by atoms with Crippen molar-refractivity contribution in [2.45, 2.75) is 38.9 Å². The Morgan fingerprint density at radius 1 is 1.42 bits per heavy atom. The molecule has 0 spiro atoms. The van der Waals surface area contributed by atoms with E-state index in [9.17, 15) is 4.79 Å². The number of primary amides is 1. The summed E-state index contributed by atoms with van der Waals surface area (Å²) in [6, 6.07) is 5.38. The largest absolute Gasteiger partial charge is 0.490 e. The monoisotopic (exact) mass is 329 g/mol. The second kappa shape index (κ2) is 7.05. The van der Waals surface area contributed by atoms with Crippen LogP contribution >= 0.6 is 0 Å². The quantitative estimate of drug-likeness (QED) is 0.878. The number of aromatic nitrogens is 1. The summed E-state index contributed by atoms with van der Waals surface area (Å²) in [6.45, 7) is 5.65. The molecule has 3 rings (SSSR count). The molecule has 24 heavy (non-hydrogen) atoms. The van der Waals surface area contributed by atoms with Crippen LogP contribution in [0.4, 0.5) is 0 Å². The Bertz CT molecular complexity index is 740. The number of hydrogen-bond donors (Lipinski definition) is 2. The van der Waals surface area contributed by atoms with Crippen LogP contribution in [-0.2, 0) is 0 Å². The molecule has 1 amide bonds. The lowest BCUT2D eigenvalue weighted by atomic mass is 10.1. The van der Waals surface area contributed by atoms with Gasteiger partial charge in [0.05, 0.1) is 11.7 Å². The van der Waals surface area contributed by atoms with Gasteiger partial charge in [-0.1, -0.05) is 0 Å². The average Bonchev–Trinajstić information content (AvgIpc) is 2.55. The number of nitrogens with zero attached hydrogens (tertiary/aromatic N) is 1. The number of hydrogen-bond acceptors (Lipinski definition) is 5. The molecule has 6 nitrogen and oxygen atoms in total. The van der Waals surface area contributed by atoms with E-state index in [0.29, 0.717) is 17.2 Å². The van der Waals surface area contributed by atoms with Gasteiger partial charge in [-0.25, -0.2) is 4.98 Å². The van der Waals surface area contributed by atoms with Gasteiger partial charge >= 0.3 is 0 Å². The van der Waals surface area contributed by atoms with Crippen LogP contribution in [0.5, 0.6) is 11.6 Å². The van der Waals surface area contributed by atoms with Gasteiger partial charge in [0.25, 0.3) is 5.91 Å². The minimum absolute atomic E-state index is 0.0656. The molecule has 2 aromatic rings. The van der Waals surface area contributed by atoms with Crippen LogP contribution < -0.4 is 20.5 Å². The molecule has 1 fully saturated rings. The third-order valence-electron chi connectivity index (χ3n) is 3.99. The van der Waals surface area contributed by atoms with Crippen molar-refractivity contribution in [3.8, 4) is 11.6 Å². The van der Waals surface area contributed by atoms with Crippen LogP contribution in [0.15, 0.2) is 24.4 Å². The fraction of sp³-hybridized carbons (Fsp3) is 0.444. The Kier molecular flexibility index (Phi) is 4.85. The van der Waals surface area contributed by atoms with Crippen LogP contribution in [0, 0.1) is 0 Å². The van der Waals surface area contributed by atoms with Crippen molar-refractivity contribution in [3.63, 3.8) is 0 Å². The lowest BCUT2D eigenvalue weighted by Crippen LogP contribution is -2.37. The van der Waals surface area contributed by atoms with Crippen LogP contribution in [0.3, 0.4) is 0 Å². The Morgan fingerprint density at radius 2 is 2.25 bits per heavy atom. The van der Waals surface area contributed by atoms with Gasteiger partial charge in [-0.05, 0) is 56.8 Å². The maximum atomic E-state index is 11.7. The van der Waals surface area contributed by atoms with Crippen LogP contribution in [-0.4, -0.2) is 36.2 Å². The molecule has 0 radical (unpaired) electrons. The van der Waals surface area contributed by atoms with Gasteiger partial charge in [0.2, 0.25) is 5.88 Å². The second-order valence-electron chi connectivity index (χ2n) is 6.30. The molecule has 1 unspecified atom stereocenters. The highest BCUT2D eigenvalue weighted by Crippen LogP contribution is 2.32. The smallest absolute Gasteiger partial charge is 0.252 e. The van der Waals surface area contributed by atoms with Crippen molar-refractivity contribution in [3.05, 3.63) is 30.0 Å². The minimum atomic E-state index is -0.511. The predicted molar refractivity (Wildman–Crippen MR) is 92.5 cm³/mol. The van der Waals surface area contributed by atoms with E-state index < -0.39 is 5.91 Å². The first-order chi connectivity index (χ1) is 11.5. The van der Waals surface area contributed by atoms with Gasteiger partial charge < -0.3 is 20.5 Å². The van der Waals surface area contributed by atoms with E-state index in [1.54, 1.807) is 18.3 Å². The summed E-state index contributed by atoms with van der Waals surface area (Å²) in [5, 5.41) is 5.00. The first-order valence-electron chi connectivity index (χ1n) is 8.31. The fourth-order valence-electron chi connectivity index (χ4n) is 2.89. The molecule has 6 heteroatoms. The van der Waals surface area contributed by atoms with Crippen molar-refractivity contribution in [1.29, 1.82) is 0 Å². The number of nitrogens with two attached hydrogens (primary N) is 1. The van der Waals surface area contributed by atoms with E-state index in [-0.39, 0.29) is 12.2 Å². The first-order valence-corrected chi connectivity index (χ1v) is 8.31. The molecule has 128 valence electrons. The van der Waals surface area contributed by atoms with Crippen LogP contribution in [0.25, 0.3) is 10.8 Å². The molecule has 0 saturated carbocycles. The van der Waals surface area contributed by atoms with Gasteiger partial charge in [0.1, 0.15) is 11.9 Å². The zero-order valence-corrected chi connectivity index (χ0v) is 14.0. The van der Waals surface area contributed by atoms with Crippen molar-refractivity contribution in [2.75, 3.05) is 13.1 Å². The Morgan fingerprint density at radius 3 is 2.92 bits per heavy atom. The number of benzene rings is 1. The normalized spacial score (nSPS) is 17.9. The molecular formula is C18H23N3O3. The Labute approximate surface area is 141 Å².